The molecule has 0 radical (unpaired) electrons. The summed E-state index contributed by atoms with van der Waals surface area (Å²) in [5.74, 6) is 0.693. The molecule has 0 aromatic heterocycles. The van der Waals surface area contributed by atoms with Crippen LogP contribution in [0.25, 0.3) is 0 Å². The van der Waals surface area contributed by atoms with E-state index in [9.17, 15) is 5.11 Å². The average Bonchev–Trinajstić information content (AvgIpc) is 2.40. The zero-order valence-electron chi connectivity index (χ0n) is 13.9. The Balaban J connectivity index is 1.89. The standard InChI is InChI=1S/C18H37NO/c1-3-4-5-6-7-8-9-10-14-19-16-18(20)13-11-12-17(2)15-18/h17,19-20H,3-16H2,1-2H3. The van der Waals surface area contributed by atoms with Gasteiger partial charge in [0, 0.05) is 6.54 Å². The van der Waals surface area contributed by atoms with Crippen LogP contribution in [0.4, 0.5) is 0 Å². The molecule has 0 aromatic rings. The van der Waals surface area contributed by atoms with Gasteiger partial charge in [-0.15, -0.1) is 0 Å². The van der Waals surface area contributed by atoms with Crippen LogP contribution in [0.15, 0.2) is 0 Å². The Morgan fingerprint density at radius 3 is 2.35 bits per heavy atom. The Morgan fingerprint density at radius 1 is 1.05 bits per heavy atom. The van der Waals surface area contributed by atoms with E-state index < -0.39 is 5.60 Å². The summed E-state index contributed by atoms with van der Waals surface area (Å²) in [6.07, 6.45) is 15.4. The lowest BCUT2D eigenvalue weighted by atomic mass is 9.79. The van der Waals surface area contributed by atoms with Gasteiger partial charge in [0.1, 0.15) is 0 Å². The molecule has 1 rings (SSSR count). The Hall–Kier alpha value is -0.0800. The van der Waals surface area contributed by atoms with Crippen LogP contribution in [0, 0.1) is 5.92 Å². The molecule has 1 fully saturated rings. The zero-order chi connectivity index (χ0) is 14.7. The third-order valence-corrected chi connectivity index (χ3v) is 4.73. The van der Waals surface area contributed by atoms with Gasteiger partial charge in [0.2, 0.25) is 0 Å². The second-order valence-corrected chi connectivity index (χ2v) is 7.08. The van der Waals surface area contributed by atoms with Crippen molar-refractivity contribution in [1.82, 2.24) is 5.32 Å². The first-order valence-corrected chi connectivity index (χ1v) is 9.09. The number of hydrogen-bond donors (Lipinski definition) is 2. The highest BCUT2D eigenvalue weighted by Gasteiger charge is 2.31. The highest BCUT2D eigenvalue weighted by atomic mass is 16.3. The van der Waals surface area contributed by atoms with E-state index in [1.165, 1.54) is 64.2 Å². The fraction of sp³-hybridized carbons (Fsp3) is 1.00. The van der Waals surface area contributed by atoms with Crippen molar-refractivity contribution in [3.05, 3.63) is 0 Å². The van der Waals surface area contributed by atoms with Crippen LogP contribution in [-0.4, -0.2) is 23.8 Å². The molecule has 2 N–H and O–H groups in total. The maximum atomic E-state index is 10.5. The Bertz CT molecular complexity index is 231. The van der Waals surface area contributed by atoms with Crippen molar-refractivity contribution in [2.75, 3.05) is 13.1 Å². The molecule has 0 amide bonds. The van der Waals surface area contributed by atoms with Gasteiger partial charge in [0.25, 0.3) is 0 Å². The lowest BCUT2D eigenvalue weighted by molar-refractivity contribution is -0.0115. The average molecular weight is 284 g/mol. The number of rotatable bonds is 11. The number of unbranched alkanes of at least 4 members (excludes halogenated alkanes) is 7. The van der Waals surface area contributed by atoms with E-state index in [0.29, 0.717) is 5.92 Å². The molecule has 0 aliphatic heterocycles. The van der Waals surface area contributed by atoms with Crippen molar-refractivity contribution >= 4 is 0 Å². The number of aliphatic hydroxyl groups is 1. The molecule has 20 heavy (non-hydrogen) atoms. The summed E-state index contributed by atoms with van der Waals surface area (Å²) < 4.78 is 0. The first-order chi connectivity index (χ1) is 9.66. The summed E-state index contributed by atoms with van der Waals surface area (Å²) in [7, 11) is 0. The second kappa shape index (κ2) is 10.6. The molecule has 2 heteroatoms. The Morgan fingerprint density at radius 2 is 1.70 bits per heavy atom. The van der Waals surface area contributed by atoms with E-state index in [1.807, 2.05) is 0 Å². The lowest BCUT2D eigenvalue weighted by Crippen LogP contribution is -2.44. The van der Waals surface area contributed by atoms with E-state index in [4.69, 9.17) is 0 Å². The first kappa shape index (κ1) is 18.0. The van der Waals surface area contributed by atoms with Crippen molar-refractivity contribution in [3.8, 4) is 0 Å². The van der Waals surface area contributed by atoms with Gasteiger partial charge in [0.05, 0.1) is 5.60 Å². The fourth-order valence-electron chi connectivity index (χ4n) is 3.50. The highest BCUT2D eigenvalue weighted by molar-refractivity contribution is 4.86. The fourth-order valence-corrected chi connectivity index (χ4v) is 3.50. The van der Waals surface area contributed by atoms with Crippen LogP contribution < -0.4 is 5.32 Å². The van der Waals surface area contributed by atoms with Crippen LogP contribution >= 0.6 is 0 Å². The van der Waals surface area contributed by atoms with Gasteiger partial charge in [0.15, 0.2) is 0 Å². The normalized spacial score (nSPS) is 26.9. The molecule has 0 bridgehead atoms. The molecule has 1 saturated carbocycles. The molecule has 0 heterocycles. The molecule has 2 atom stereocenters. The third-order valence-electron chi connectivity index (χ3n) is 4.73. The Kier molecular flexibility index (Phi) is 9.54. The van der Waals surface area contributed by atoms with Crippen LogP contribution in [0.1, 0.15) is 90.9 Å². The summed E-state index contributed by atoms with van der Waals surface area (Å²) in [6.45, 7) is 6.41. The summed E-state index contributed by atoms with van der Waals surface area (Å²) >= 11 is 0. The van der Waals surface area contributed by atoms with Gasteiger partial charge in [-0.3, -0.25) is 0 Å². The molecular formula is C18H37NO. The second-order valence-electron chi connectivity index (χ2n) is 7.08. The molecule has 1 aliphatic carbocycles. The minimum Gasteiger partial charge on any atom is -0.389 e. The molecule has 2 nitrogen and oxygen atoms in total. The zero-order valence-corrected chi connectivity index (χ0v) is 13.9. The van der Waals surface area contributed by atoms with Crippen molar-refractivity contribution in [1.29, 1.82) is 0 Å². The van der Waals surface area contributed by atoms with E-state index in [0.717, 1.165) is 25.9 Å². The van der Waals surface area contributed by atoms with Crippen molar-refractivity contribution < 1.29 is 5.11 Å². The van der Waals surface area contributed by atoms with Crippen molar-refractivity contribution in [2.45, 2.75) is 96.5 Å². The maximum Gasteiger partial charge on any atom is 0.0774 e. The summed E-state index contributed by atoms with van der Waals surface area (Å²) in [5.41, 5.74) is -0.419. The number of nitrogens with one attached hydrogen (secondary N) is 1. The highest BCUT2D eigenvalue weighted by Crippen LogP contribution is 2.31. The summed E-state index contributed by atoms with van der Waals surface area (Å²) in [4.78, 5) is 0. The maximum absolute atomic E-state index is 10.5. The predicted octanol–water partition coefficient (Wildman–Crippen LogP) is 4.66. The van der Waals surface area contributed by atoms with Crippen molar-refractivity contribution in [2.24, 2.45) is 5.92 Å². The van der Waals surface area contributed by atoms with Gasteiger partial charge in [-0.2, -0.15) is 0 Å². The molecule has 0 spiro atoms. The van der Waals surface area contributed by atoms with Gasteiger partial charge < -0.3 is 10.4 Å². The van der Waals surface area contributed by atoms with Gasteiger partial charge in [-0.1, -0.05) is 71.6 Å². The van der Waals surface area contributed by atoms with Gasteiger partial charge in [-0.25, -0.2) is 0 Å². The number of hydrogen-bond acceptors (Lipinski definition) is 2. The minimum atomic E-state index is -0.419. The van der Waals surface area contributed by atoms with Gasteiger partial charge >= 0.3 is 0 Å². The van der Waals surface area contributed by atoms with E-state index >= 15 is 0 Å². The topological polar surface area (TPSA) is 32.3 Å². The van der Waals surface area contributed by atoms with E-state index in [1.54, 1.807) is 0 Å². The van der Waals surface area contributed by atoms with Crippen LogP contribution in [0.5, 0.6) is 0 Å². The molecule has 120 valence electrons. The molecule has 0 saturated heterocycles. The smallest absolute Gasteiger partial charge is 0.0774 e. The quantitative estimate of drug-likeness (QED) is 0.541. The SMILES string of the molecule is CCCCCCCCCCNCC1(O)CCCC(C)C1. The largest absolute Gasteiger partial charge is 0.389 e. The molecule has 2 unspecified atom stereocenters. The molecular weight excluding hydrogens is 246 g/mol. The first-order valence-electron chi connectivity index (χ1n) is 9.09. The molecule has 0 aromatic carbocycles. The minimum absolute atomic E-state index is 0.419. The lowest BCUT2D eigenvalue weighted by Gasteiger charge is -2.35. The van der Waals surface area contributed by atoms with Crippen LogP contribution in [0.2, 0.25) is 0 Å². The van der Waals surface area contributed by atoms with E-state index in [-0.39, 0.29) is 0 Å². The van der Waals surface area contributed by atoms with E-state index in [2.05, 4.69) is 19.2 Å². The predicted molar refractivity (Wildman–Crippen MR) is 88.1 cm³/mol. The van der Waals surface area contributed by atoms with Crippen LogP contribution in [0.3, 0.4) is 0 Å². The third kappa shape index (κ3) is 8.26. The summed E-state index contributed by atoms with van der Waals surface area (Å²) in [5, 5.41) is 14.0. The molecule has 1 aliphatic rings. The Labute approximate surface area is 126 Å². The van der Waals surface area contributed by atoms with Crippen LogP contribution in [-0.2, 0) is 0 Å². The summed E-state index contributed by atoms with van der Waals surface area (Å²) in [6, 6.07) is 0. The van der Waals surface area contributed by atoms with Gasteiger partial charge in [-0.05, 0) is 31.7 Å². The van der Waals surface area contributed by atoms with Crippen molar-refractivity contribution in [3.63, 3.8) is 0 Å². The monoisotopic (exact) mass is 283 g/mol.